The highest BCUT2D eigenvalue weighted by molar-refractivity contribution is 5.79. The Morgan fingerprint density at radius 1 is 1.37 bits per heavy atom. The fourth-order valence-corrected chi connectivity index (χ4v) is 3.57. The van der Waals surface area contributed by atoms with Crippen LogP contribution in [0.15, 0.2) is 0 Å². The van der Waals surface area contributed by atoms with Gasteiger partial charge in [0.1, 0.15) is 0 Å². The van der Waals surface area contributed by atoms with Crippen molar-refractivity contribution in [1.82, 2.24) is 4.90 Å². The zero-order valence-electron chi connectivity index (χ0n) is 12.3. The molecule has 0 spiro atoms. The molecule has 19 heavy (non-hydrogen) atoms. The van der Waals surface area contributed by atoms with Crippen LogP contribution in [-0.2, 0) is 9.53 Å². The lowest BCUT2D eigenvalue weighted by Crippen LogP contribution is -2.47. The van der Waals surface area contributed by atoms with Gasteiger partial charge in [-0.2, -0.15) is 0 Å². The van der Waals surface area contributed by atoms with Gasteiger partial charge in [0, 0.05) is 32.2 Å². The second-order valence-corrected chi connectivity index (χ2v) is 6.40. The van der Waals surface area contributed by atoms with E-state index >= 15 is 0 Å². The summed E-state index contributed by atoms with van der Waals surface area (Å²) < 4.78 is 5.24. The summed E-state index contributed by atoms with van der Waals surface area (Å²) in [6.45, 7) is 4.75. The molecule has 0 aromatic rings. The van der Waals surface area contributed by atoms with Gasteiger partial charge in [-0.25, -0.2) is 0 Å². The number of piperidine rings is 1. The van der Waals surface area contributed by atoms with E-state index in [1.54, 1.807) is 7.11 Å². The van der Waals surface area contributed by atoms with Crippen LogP contribution in [-0.4, -0.2) is 43.7 Å². The maximum atomic E-state index is 12.7. The summed E-state index contributed by atoms with van der Waals surface area (Å²) in [5.41, 5.74) is 6.04. The summed E-state index contributed by atoms with van der Waals surface area (Å²) >= 11 is 0. The van der Waals surface area contributed by atoms with Gasteiger partial charge in [-0.15, -0.1) is 0 Å². The molecule has 0 aromatic heterocycles. The molecular formula is C15H28N2O2. The number of carbonyl (C=O) groups is 1. The first-order valence-electron chi connectivity index (χ1n) is 7.65. The van der Waals surface area contributed by atoms with Gasteiger partial charge < -0.3 is 15.4 Å². The van der Waals surface area contributed by atoms with Crippen LogP contribution in [0.1, 0.15) is 39.0 Å². The number of methoxy groups -OCH3 is 1. The summed E-state index contributed by atoms with van der Waals surface area (Å²) in [6, 6.07) is 0.213. The van der Waals surface area contributed by atoms with Crippen molar-refractivity contribution in [3.63, 3.8) is 0 Å². The summed E-state index contributed by atoms with van der Waals surface area (Å²) in [7, 11) is 1.74. The number of hydrogen-bond donors (Lipinski definition) is 1. The standard InChI is InChI=1S/C15H28N2O2/c1-11-5-6-13(16)8-14(11)15(18)17-7-3-4-12(9-17)10-19-2/h11-14H,3-10,16H2,1-2H3. The minimum atomic E-state index is 0.144. The monoisotopic (exact) mass is 268 g/mol. The minimum absolute atomic E-state index is 0.144. The van der Waals surface area contributed by atoms with E-state index in [0.717, 1.165) is 45.4 Å². The molecule has 4 heteroatoms. The molecule has 0 bridgehead atoms. The number of nitrogens with two attached hydrogens (primary N) is 1. The Hall–Kier alpha value is -0.610. The van der Waals surface area contributed by atoms with Crippen molar-refractivity contribution in [3.8, 4) is 0 Å². The van der Waals surface area contributed by atoms with Gasteiger partial charge in [0.25, 0.3) is 0 Å². The number of nitrogens with zero attached hydrogens (tertiary/aromatic N) is 1. The van der Waals surface area contributed by atoms with E-state index in [0.29, 0.717) is 17.7 Å². The normalized spacial score (nSPS) is 36.3. The first kappa shape index (κ1) is 14.8. The van der Waals surface area contributed by atoms with Crippen molar-refractivity contribution in [1.29, 1.82) is 0 Å². The molecule has 2 N–H and O–H groups in total. The zero-order valence-corrected chi connectivity index (χ0v) is 12.3. The summed E-state index contributed by atoms with van der Waals surface area (Å²) in [5, 5.41) is 0. The van der Waals surface area contributed by atoms with Gasteiger partial charge in [-0.3, -0.25) is 4.79 Å². The first-order chi connectivity index (χ1) is 9.11. The Kier molecular flexibility index (Phi) is 5.22. The second kappa shape index (κ2) is 6.71. The third kappa shape index (κ3) is 3.69. The fourth-order valence-electron chi connectivity index (χ4n) is 3.57. The number of hydrogen-bond acceptors (Lipinski definition) is 3. The Labute approximate surface area is 116 Å². The van der Waals surface area contributed by atoms with Crippen LogP contribution in [0.3, 0.4) is 0 Å². The van der Waals surface area contributed by atoms with Gasteiger partial charge in [0.15, 0.2) is 0 Å². The van der Waals surface area contributed by atoms with Gasteiger partial charge in [0.2, 0.25) is 5.91 Å². The van der Waals surface area contributed by atoms with E-state index in [-0.39, 0.29) is 12.0 Å². The maximum absolute atomic E-state index is 12.7. The van der Waals surface area contributed by atoms with E-state index in [4.69, 9.17) is 10.5 Å². The fraction of sp³-hybridized carbons (Fsp3) is 0.933. The van der Waals surface area contributed by atoms with E-state index in [2.05, 4.69) is 11.8 Å². The largest absolute Gasteiger partial charge is 0.384 e. The lowest BCUT2D eigenvalue weighted by molar-refractivity contribution is -0.140. The number of rotatable bonds is 3. The van der Waals surface area contributed by atoms with Crippen molar-refractivity contribution in [2.75, 3.05) is 26.8 Å². The predicted octanol–water partition coefficient (Wildman–Crippen LogP) is 1.63. The highest BCUT2D eigenvalue weighted by Gasteiger charge is 2.35. The molecule has 4 atom stereocenters. The van der Waals surface area contributed by atoms with Gasteiger partial charge in [-0.05, 0) is 43.9 Å². The molecule has 1 aliphatic heterocycles. The van der Waals surface area contributed by atoms with Crippen molar-refractivity contribution in [2.24, 2.45) is 23.5 Å². The quantitative estimate of drug-likeness (QED) is 0.846. The van der Waals surface area contributed by atoms with E-state index in [9.17, 15) is 4.79 Å². The number of amides is 1. The highest BCUT2D eigenvalue weighted by Crippen LogP contribution is 2.31. The Balaban J connectivity index is 1.94. The van der Waals surface area contributed by atoms with Crippen molar-refractivity contribution >= 4 is 5.91 Å². The molecular weight excluding hydrogens is 240 g/mol. The van der Waals surface area contributed by atoms with Crippen molar-refractivity contribution < 1.29 is 9.53 Å². The maximum Gasteiger partial charge on any atom is 0.226 e. The van der Waals surface area contributed by atoms with Crippen LogP contribution in [0.4, 0.5) is 0 Å². The topological polar surface area (TPSA) is 55.6 Å². The highest BCUT2D eigenvalue weighted by atomic mass is 16.5. The van der Waals surface area contributed by atoms with Crippen LogP contribution >= 0.6 is 0 Å². The third-order valence-electron chi connectivity index (χ3n) is 4.79. The van der Waals surface area contributed by atoms with Crippen LogP contribution in [0.5, 0.6) is 0 Å². The number of likely N-dealkylation sites (tertiary alicyclic amines) is 1. The average Bonchev–Trinajstić information content (AvgIpc) is 2.41. The molecule has 1 heterocycles. The minimum Gasteiger partial charge on any atom is -0.384 e. The summed E-state index contributed by atoms with van der Waals surface area (Å²) in [4.78, 5) is 14.8. The first-order valence-corrected chi connectivity index (χ1v) is 7.65. The summed E-state index contributed by atoms with van der Waals surface area (Å²) in [6.07, 6.45) is 5.31. The molecule has 2 rings (SSSR count). The molecule has 2 fully saturated rings. The number of ether oxygens (including phenoxy) is 1. The van der Waals surface area contributed by atoms with Crippen molar-refractivity contribution in [3.05, 3.63) is 0 Å². The number of carbonyl (C=O) groups excluding carboxylic acids is 1. The molecule has 1 saturated carbocycles. The Bertz CT molecular complexity index is 307. The van der Waals surface area contributed by atoms with Crippen LogP contribution < -0.4 is 5.73 Å². The second-order valence-electron chi connectivity index (χ2n) is 6.40. The molecule has 4 nitrogen and oxygen atoms in total. The third-order valence-corrected chi connectivity index (χ3v) is 4.79. The zero-order chi connectivity index (χ0) is 13.8. The van der Waals surface area contributed by atoms with E-state index in [1.165, 1.54) is 6.42 Å². The smallest absolute Gasteiger partial charge is 0.226 e. The molecule has 110 valence electrons. The lowest BCUT2D eigenvalue weighted by atomic mass is 9.77. The van der Waals surface area contributed by atoms with Crippen LogP contribution in [0, 0.1) is 17.8 Å². The molecule has 1 amide bonds. The molecule has 4 unspecified atom stereocenters. The predicted molar refractivity (Wildman–Crippen MR) is 75.7 cm³/mol. The average molecular weight is 268 g/mol. The SMILES string of the molecule is COCC1CCCN(C(=O)C2CC(N)CCC2C)C1. The Morgan fingerprint density at radius 3 is 2.89 bits per heavy atom. The summed E-state index contributed by atoms with van der Waals surface area (Å²) in [5.74, 6) is 1.47. The van der Waals surface area contributed by atoms with Gasteiger partial charge in [-0.1, -0.05) is 6.92 Å². The lowest BCUT2D eigenvalue weighted by Gasteiger charge is -2.38. The van der Waals surface area contributed by atoms with E-state index < -0.39 is 0 Å². The van der Waals surface area contributed by atoms with Crippen molar-refractivity contribution in [2.45, 2.75) is 45.1 Å². The van der Waals surface area contributed by atoms with E-state index in [1.807, 2.05) is 0 Å². The van der Waals surface area contributed by atoms with Crippen LogP contribution in [0.2, 0.25) is 0 Å². The van der Waals surface area contributed by atoms with Crippen LogP contribution in [0.25, 0.3) is 0 Å². The molecule has 0 radical (unpaired) electrons. The van der Waals surface area contributed by atoms with Gasteiger partial charge in [0.05, 0.1) is 6.61 Å². The van der Waals surface area contributed by atoms with Gasteiger partial charge >= 0.3 is 0 Å². The molecule has 1 aliphatic carbocycles. The Morgan fingerprint density at radius 2 is 2.16 bits per heavy atom. The molecule has 1 saturated heterocycles. The molecule has 2 aliphatic rings. The molecule has 0 aromatic carbocycles.